The monoisotopic (exact) mass is 429 g/mol. The van der Waals surface area contributed by atoms with E-state index in [1.54, 1.807) is 45.5 Å². The van der Waals surface area contributed by atoms with Gasteiger partial charge in [-0.2, -0.15) is 0 Å². The molecule has 0 bridgehead atoms. The van der Waals surface area contributed by atoms with Crippen LogP contribution in [0.3, 0.4) is 0 Å². The van der Waals surface area contributed by atoms with E-state index in [9.17, 15) is 4.79 Å². The van der Waals surface area contributed by atoms with Crippen LogP contribution in [0.25, 0.3) is 9.88 Å². The third-order valence-electron chi connectivity index (χ3n) is 4.08. The Morgan fingerprint density at radius 2 is 2.07 bits per heavy atom. The first-order valence-electron chi connectivity index (χ1n) is 8.47. The van der Waals surface area contributed by atoms with Gasteiger partial charge in [-0.15, -0.1) is 27.8 Å². The number of rotatable bonds is 6. The third kappa shape index (κ3) is 4.14. The number of carbonyl (C=O) groups excluding carboxylic acids is 1. The van der Waals surface area contributed by atoms with Gasteiger partial charge in [-0.25, -0.2) is 9.67 Å². The fourth-order valence-corrected chi connectivity index (χ4v) is 4.50. The summed E-state index contributed by atoms with van der Waals surface area (Å²) in [6, 6.07) is 11.6. The fraction of sp³-hybridized carbons (Fsp3) is 0.158. The van der Waals surface area contributed by atoms with Crippen LogP contribution in [0.4, 0.5) is 0 Å². The number of amides is 1. The predicted octanol–water partition coefficient (Wildman–Crippen LogP) is 4.44. The maximum Gasteiger partial charge on any atom is 0.276 e. The molecular formula is C19H16ClN5OS2. The van der Waals surface area contributed by atoms with Crippen molar-refractivity contribution in [2.75, 3.05) is 7.05 Å². The minimum absolute atomic E-state index is 0.198. The first-order valence-corrected chi connectivity index (χ1v) is 10.6. The molecule has 0 spiro atoms. The molecule has 6 nitrogen and oxygen atoms in total. The Hall–Kier alpha value is -2.55. The zero-order valence-electron chi connectivity index (χ0n) is 14.9. The van der Waals surface area contributed by atoms with E-state index in [1.807, 2.05) is 47.2 Å². The van der Waals surface area contributed by atoms with Crippen LogP contribution >= 0.6 is 34.3 Å². The van der Waals surface area contributed by atoms with Gasteiger partial charge in [-0.1, -0.05) is 41.1 Å². The molecule has 0 aliphatic rings. The van der Waals surface area contributed by atoms with E-state index in [-0.39, 0.29) is 5.91 Å². The van der Waals surface area contributed by atoms with Crippen LogP contribution in [0.5, 0.6) is 0 Å². The Morgan fingerprint density at radius 1 is 1.21 bits per heavy atom. The summed E-state index contributed by atoms with van der Waals surface area (Å²) in [4.78, 5) is 20.0. The van der Waals surface area contributed by atoms with Gasteiger partial charge < -0.3 is 4.90 Å². The largest absolute Gasteiger partial charge is 0.334 e. The summed E-state index contributed by atoms with van der Waals surface area (Å²) in [7, 11) is 1.74. The van der Waals surface area contributed by atoms with Crippen LogP contribution in [0.1, 0.15) is 21.7 Å². The third-order valence-corrected chi connectivity index (χ3v) is 6.38. The van der Waals surface area contributed by atoms with Crippen molar-refractivity contribution in [1.29, 1.82) is 0 Å². The molecule has 0 atom stereocenters. The molecule has 1 amide bonds. The molecule has 0 saturated heterocycles. The van der Waals surface area contributed by atoms with Gasteiger partial charge in [0.2, 0.25) is 0 Å². The Labute approximate surface area is 175 Å². The van der Waals surface area contributed by atoms with Gasteiger partial charge in [0, 0.05) is 17.5 Å². The molecule has 142 valence electrons. The number of aromatic nitrogens is 4. The molecule has 3 heterocycles. The van der Waals surface area contributed by atoms with Crippen molar-refractivity contribution >= 4 is 40.2 Å². The van der Waals surface area contributed by atoms with Crippen LogP contribution in [0.2, 0.25) is 5.02 Å². The van der Waals surface area contributed by atoms with Gasteiger partial charge in [0.1, 0.15) is 5.01 Å². The molecule has 0 radical (unpaired) electrons. The number of benzene rings is 1. The van der Waals surface area contributed by atoms with Gasteiger partial charge in [-0.3, -0.25) is 4.79 Å². The van der Waals surface area contributed by atoms with Crippen molar-refractivity contribution in [2.24, 2.45) is 0 Å². The summed E-state index contributed by atoms with van der Waals surface area (Å²) in [5.74, 6) is -0.198. The number of carbonyl (C=O) groups is 1. The quantitative estimate of drug-likeness (QED) is 0.454. The summed E-state index contributed by atoms with van der Waals surface area (Å²) >= 11 is 9.41. The van der Waals surface area contributed by atoms with Crippen LogP contribution < -0.4 is 0 Å². The lowest BCUT2D eigenvalue weighted by Gasteiger charge is -2.13. The summed E-state index contributed by atoms with van der Waals surface area (Å²) in [5, 5.41) is 13.7. The zero-order valence-corrected chi connectivity index (χ0v) is 17.3. The van der Waals surface area contributed by atoms with Crippen molar-refractivity contribution in [3.05, 3.63) is 75.3 Å². The lowest BCUT2D eigenvalue weighted by atomic mass is 10.2. The normalized spacial score (nSPS) is 10.9. The molecule has 4 aromatic rings. The molecule has 0 N–H and O–H groups in total. The van der Waals surface area contributed by atoms with Crippen molar-refractivity contribution in [3.8, 4) is 9.88 Å². The SMILES string of the molecule is CN(Cc1csc(-c2cccs2)n1)C(=O)c1cn(Cc2ccccc2Cl)nn1. The van der Waals surface area contributed by atoms with E-state index in [2.05, 4.69) is 15.3 Å². The minimum Gasteiger partial charge on any atom is -0.334 e. The van der Waals surface area contributed by atoms with Gasteiger partial charge in [0.05, 0.1) is 29.9 Å². The highest BCUT2D eigenvalue weighted by Crippen LogP contribution is 2.28. The van der Waals surface area contributed by atoms with E-state index in [0.717, 1.165) is 21.1 Å². The standard InChI is InChI=1S/C19H16ClN5OS2/c1-24(10-14-12-28-18(21-14)17-7-4-8-27-17)19(26)16-11-25(23-22-16)9-13-5-2-3-6-15(13)20/h2-8,11-12H,9-10H2,1H3. The number of hydrogen-bond acceptors (Lipinski definition) is 6. The zero-order chi connectivity index (χ0) is 19.5. The fourth-order valence-electron chi connectivity index (χ4n) is 2.68. The lowest BCUT2D eigenvalue weighted by Crippen LogP contribution is -2.26. The number of thiophene rings is 1. The van der Waals surface area contributed by atoms with Crippen molar-refractivity contribution in [3.63, 3.8) is 0 Å². The summed E-state index contributed by atoms with van der Waals surface area (Å²) in [6.07, 6.45) is 1.64. The van der Waals surface area contributed by atoms with E-state index < -0.39 is 0 Å². The van der Waals surface area contributed by atoms with Crippen LogP contribution in [-0.2, 0) is 13.1 Å². The second-order valence-electron chi connectivity index (χ2n) is 6.18. The van der Waals surface area contributed by atoms with Crippen LogP contribution in [0.15, 0.2) is 53.4 Å². The Kier molecular flexibility index (Phi) is 5.52. The van der Waals surface area contributed by atoms with Crippen LogP contribution in [-0.4, -0.2) is 37.8 Å². The molecule has 28 heavy (non-hydrogen) atoms. The molecular weight excluding hydrogens is 414 g/mol. The minimum atomic E-state index is -0.198. The smallest absolute Gasteiger partial charge is 0.276 e. The molecule has 0 aliphatic heterocycles. The molecule has 0 fully saturated rings. The Balaban J connectivity index is 1.42. The van der Waals surface area contributed by atoms with Gasteiger partial charge >= 0.3 is 0 Å². The van der Waals surface area contributed by atoms with Crippen molar-refractivity contribution < 1.29 is 4.79 Å². The summed E-state index contributed by atoms with van der Waals surface area (Å²) in [6.45, 7) is 0.873. The predicted molar refractivity (Wildman–Crippen MR) is 112 cm³/mol. The average Bonchev–Trinajstić information content (AvgIpc) is 3.44. The van der Waals surface area contributed by atoms with Crippen molar-refractivity contribution in [2.45, 2.75) is 13.1 Å². The highest BCUT2D eigenvalue weighted by Gasteiger charge is 2.18. The Bertz CT molecular complexity index is 1090. The molecule has 0 unspecified atom stereocenters. The molecule has 1 aromatic carbocycles. The molecule has 3 aromatic heterocycles. The number of hydrogen-bond donors (Lipinski definition) is 0. The first kappa shape index (κ1) is 18.8. The number of halogens is 1. The Morgan fingerprint density at radius 3 is 2.86 bits per heavy atom. The number of thiazole rings is 1. The highest BCUT2D eigenvalue weighted by atomic mass is 35.5. The molecule has 4 rings (SSSR count). The van der Waals surface area contributed by atoms with Crippen molar-refractivity contribution in [1.82, 2.24) is 24.9 Å². The van der Waals surface area contributed by atoms with E-state index in [0.29, 0.717) is 23.8 Å². The lowest BCUT2D eigenvalue weighted by molar-refractivity contribution is 0.0777. The van der Waals surface area contributed by atoms with E-state index in [1.165, 1.54) is 0 Å². The van der Waals surface area contributed by atoms with Crippen LogP contribution in [0, 0.1) is 0 Å². The average molecular weight is 430 g/mol. The maximum atomic E-state index is 12.7. The van der Waals surface area contributed by atoms with Gasteiger partial charge in [0.15, 0.2) is 5.69 Å². The maximum absolute atomic E-state index is 12.7. The van der Waals surface area contributed by atoms with E-state index >= 15 is 0 Å². The first-order chi connectivity index (χ1) is 13.6. The van der Waals surface area contributed by atoms with E-state index in [4.69, 9.17) is 11.6 Å². The van der Waals surface area contributed by atoms with Gasteiger partial charge in [-0.05, 0) is 23.1 Å². The number of nitrogens with zero attached hydrogens (tertiary/aromatic N) is 5. The second kappa shape index (κ2) is 8.22. The molecule has 9 heteroatoms. The molecule has 0 saturated carbocycles. The second-order valence-corrected chi connectivity index (χ2v) is 8.39. The summed E-state index contributed by atoms with van der Waals surface area (Å²) < 4.78 is 1.61. The molecule has 0 aliphatic carbocycles. The topological polar surface area (TPSA) is 63.9 Å². The summed E-state index contributed by atoms with van der Waals surface area (Å²) in [5.41, 5.74) is 2.07. The van der Waals surface area contributed by atoms with Gasteiger partial charge in [0.25, 0.3) is 5.91 Å². The highest BCUT2D eigenvalue weighted by molar-refractivity contribution is 7.20.